The fourth-order valence-corrected chi connectivity index (χ4v) is 3.83. The van der Waals surface area contributed by atoms with Crippen molar-refractivity contribution < 1.29 is 9.13 Å². The van der Waals surface area contributed by atoms with E-state index in [0.29, 0.717) is 22.5 Å². The second-order valence-electron chi connectivity index (χ2n) is 6.66. The lowest BCUT2D eigenvalue weighted by Gasteiger charge is -2.07. The fraction of sp³-hybridized carbons (Fsp3) is 0.182. The molecule has 0 atom stereocenters. The third kappa shape index (κ3) is 4.13. The van der Waals surface area contributed by atoms with Crippen LogP contribution in [0.2, 0.25) is 0 Å². The highest BCUT2D eigenvalue weighted by Gasteiger charge is 2.12. The predicted octanol–water partition coefficient (Wildman–Crippen LogP) is 2.58. The van der Waals surface area contributed by atoms with Crippen LogP contribution in [0.25, 0.3) is 11.0 Å². The van der Waals surface area contributed by atoms with Crippen LogP contribution in [0, 0.1) is 5.82 Å². The smallest absolute Gasteiger partial charge is 0.296 e. The molecule has 4 aromatic rings. The molecule has 0 N–H and O–H groups in total. The van der Waals surface area contributed by atoms with Crippen molar-refractivity contribution in [2.24, 2.45) is 0 Å². The van der Waals surface area contributed by atoms with E-state index < -0.39 is 5.56 Å². The second-order valence-corrected chi connectivity index (χ2v) is 7.67. The summed E-state index contributed by atoms with van der Waals surface area (Å²) < 4.78 is 20.4. The Morgan fingerprint density at radius 1 is 1.13 bits per heavy atom. The third-order valence-electron chi connectivity index (χ3n) is 4.40. The maximum atomic E-state index is 13.1. The molecule has 152 valence electrons. The highest BCUT2D eigenvalue weighted by atomic mass is 32.1. The van der Waals surface area contributed by atoms with Gasteiger partial charge in [0.15, 0.2) is 0 Å². The van der Waals surface area contributed by atoms with Gasteiger partial charge in [-0.2, -0.15) is 14.6 Å². The van der Waals surface area contributed by atoms with Crippen molar-refractivity contribution in [1.29, 1.82) is 0 Å². The van der Waals surface area contributed by atoms with Crippen molar-refractivity contribution in [3.05, 3.63) is 96.4 Å². The number of para-hydroxylation sites is 1. The maximum Gasteiger partial charge on any atom is 0.296 e. The van der Waals surface area contributed by atoms with E-state index in [0.717, 1.165) is 27.8 Å². The molecule has 0 amide bonds. The van der Waals surface area contributed by atoms with E-state index in [2.05, 4.69) is 10.1 Å². The van der Waals surface area contributed by atoms with E-state index in [1.54, 1.807) is 18.2 Å². The first-order chi connectivity index (χ1) is 14.5. The molecular formula is C22H18FN3O3S. The van der Waals surface area contributed by atoms with Crippen molar-refractivity contribution in [2.45, 2.75) is 19.8 Å². The van der Waals surface area contributed by atoms with Crippen LogP contribution in [0.5, 0.6) is 5.75 Å². The minimum Gasteiger partial charge on any atom is -0.493 e. The molecular weight excluding hydrogens is 405 g/mol. The largest absolute Gasteiger partial charge is 0.493 e. The molecule has 0 radical (unpaired) electrons. The summed E-state index contributed by atoms with van der Waals surface area (Å²) in [5, 5.41) is 4.22. The lowest BCUT2D eigenvalue weighted by molar-refractivity contribution is 0.317. The van der Waals surface area contributed by atoms with Gasteiger partial charge in [0.05, 0.1) is 11.1 Å². The number of thiazole rings is 1. The van der Waals surface area contributed by atoms with Crippen LogP contribution in [-0.2, 0) is 6.42 Å². The van der Waals surface area contributed by atoms with E-state index in [4.69, 9.17) is 4.74 Å². The topological polar surface area (TPSA) is 73.6 Å². The number of fused-ring (bicyclic) bond motifs is 1. The molecule has 2 heterocycles. The van der Waals surface area contributed by atoms with Crippen LogP contribution in [0.4, 0.5) is 4.39 Å². The van der Waals surface area contributed by atoms with Crippen molar-refractivity contribution in [1.82, 2.24) is 14.6 Å². The standard InChI is InChI=1S/C22H18FN3O3S/c1-2-11-29-18-6-4-3-5-15(18)13-19-21(28)26-22(30-19)24-20(27)17(25-26)12-14-7-9-16(23)10-8-14/h3-10,13H,2,11-12H2,1H3/b19-13-. The van der Waals surface area contributed by atoms with Crippen molar-refractivity contribution in [3.8, 4) is 5.75 Å². The number of nitrogens with zero attached hydrogens (tertiary/aromatic N) is 3. The summed E-state index contributed by atoms with van der Waals surface area (Å²) in [6, 6.07) is 13.2. The quantitative estimate of drug-likeness (QED) is 0.477. The maximum absolute atomic E-state index is 13.1. The van der Waals surface area contributed by atoms with Gasteiger partial charge in [-0.3, -0.25) is 9.59 Å². The normalized spacial score (nSPS) is 11.9. The van der Waals surface area contributed by atoms with E-state index in [-0.39, 0.29) is 28.5 Å². The summed E-state index contributed by atoms with van der Waals surface area (Å²) in [5.74, 6) is 0.323. The number of ether oxygens (including phenoxy) is 1. The van der Waals surface area contributed by atoms with Gasteiger partial charge in [0.1, 0.15) is 17.3 Å². The highest BCUT2D eigenvalue weighted by molar-refractivity contribution is 7.15. The molecule has 2 aromatic heterocycles. The van der Waals surface area contributed by atoms with Gasteiger partial charge in [-0.1, -0.05) is 48.6 Å². The van der Waals surface area contributed by atoms with Gasteiger partial charge >= 0.3 is 0 Å². The zero-order chi connectivity index (χ0) is 21.1. The number of benzene rings is 2. The molecule has 0 saturated heterocycles. The Hall–Kier alpha value is -3.39. The zero-order valence-electron chi connectivity index (χ0n) is 16.2. The molecule has 0 unspecified atom stereocenters. The van der Waals surface area contributed by atoms with Crippen LogP contribution in [0.1, 0.15) is 30.2 Å². The Morgan fingerprint density at radius 3 is 2.67 bits per heavy atom. The first-order valence-corrected chi connectivity index (χ1v) is 10.3. The Balaban J connectivity index is 1.76. The monoisotopic (exact) mass is 423 g/mol. The summed E-state index contributed by atoms with van der Waals surface area (Å²) in [7, 11) is 0. The third-order valence-corrected chi connectivity index (χ3v) is 5.36. The Kier molecular flexibility index (Phi) is 5.67. The summed E-state index contributed by atoms with van der Waals surface area (Å²) in [5.41, 5.74) is 0.752. The molecule has 0 saturated carbocycles. The van der Waals surface area contributed by atoms with Gasteiger partial charge in [-0.15, -0.1) is 0 Å². The number of rotatable bonds is 6. The molecule has 0 aliphatic heterocycles. The van der Waals surface area contributed by atoms with E-state index in [9.17, 15) is 14.0 Å². The van der Waals surface area contributed by atoms with Gasteiger partial charge in [-0.05, 0) is 36.3 Å². The minimum absolute atomic E-state index is 0.132. The highest BCUT2D eigenvalue weighted by Crippen LogP contribution is 2.19. The molecule has 0 fully saturated rings. The summed E-state index contributed by atoms with van der Waals surface area (Å²) in [6.07, 6.45) is 2.76. The number of hydrogen-bond acceptors (Lipinski definition) is 6. The van der Waals surface area contributed by atoms with Crippen LogP contribution in [0.15, 0.2) is 58.1 Å². The van der Waals surface area contributed by atoms with E-state index in [1.807, 2.05) is 31.2 Å². The van der Waals surface area contributed by atoms with Crippen molar-refractivity contribution in [2.75, 3.05) is 6.61 Å². The van der Waals surface area contributed by atoms with E-state index in [1.165, 1.54) is 12.1 Å². The average molecular weight is 423 g/mol. The van der Waals surface area contributed by atoms with Crippen LogP contribution < -0.4 is 20.4 Å². The van der Waals surface area contributed by atoms with Crippen molar-refractivity contribution in [3.63, 3.8) is 0 Å². The lowest BCUT2D eigenvalue weighted by atomic mass is 10.1. The Bertz CT molecular complexity index is 1360. The molecule has 30 heavy (non-hydrogen) atoms. The van der Waals surface area contributed by atoms with E-state index >= 15 is 0 Å². The first-order valence-electron chi connectivity index (χ1n) is 9.46. The van der Waals surface area contributed by atoms with Gasteiger partial charge in [0, 0.05) is 12.0 Å². The Labute approximate surface area is 174 Å². The molecule has 0 spiro atoms. The number of aromatic nitrogens is 3. The predicted molar refractivity (Wildman–Crippen MR) is 114 cm³/mol. The van der Waals surface area contributed by atoms with Crippen LogP contribution >= 0.6 is 11.3 Å². The number of hydrogen-bond donors (Lipinski definition) is 0. The fourth-order valence-electron chi connectivity index (χ4n) is 2.93. The van der Waals surface area contributed by atoms with Gasteiger partial charge in [0.2, 0.25) is 4.96 Å². The average Bonchev–Trinajstić information content (AvgIpc) is 3.04. The Morgan fingerprint density at radius 2 is 1.90 bits per heavy atom. The molecule has 0 aliphatic rings. The first kappa shape index (κ1) is 19.9. The summed E-state index contributed by atoms with van der Waals surface area (Å²) >= 11 is 1.10. The van der Waals surface area contributed by atoms with Gasteiger partial charge in [-0.25, -0.2) is 4.39 Å². The molecule has 0 aliphatic carbocycles. The number of halogens is 1. The van der Waals surface area contributed by atoms with Crippen LogP contribution in [-0.4, -0.2) is 21.2 Å². The summed E-state index contributed by atoms with van der Waals surface area (Å²) in [4.78, 5) is 29.5. The molecule has 6 nitrogen and oxygen atoms in total. The second kappa shape index (κ2) is 8.54. The SMILES string of the molecule is CCCOc1ccccc1/C=c1\sc2nc(=O)c(Cc3ccc(F)cc3)nn2c1=O. The van der Waals surface area contributed by atoms with Crippen LogP contribution in [0.3, 0.4) is 0 Å². The van der Waals surface area contributed by atoms with Gasteiger partial charge in [0.25, 0.3) is 11.1 Å². The molecule has 0 bridgehead atoms. The molecule has 2 aromatic carbocycles. The lowest BCUT2D eigenvalue weighted by Crippen LogP contribution is -2.28. The van der Waals surface area contributed by atoms with Gasteiger partial charge < -0.3 is 4.74 Å². The van der Waals surface area contributed by atoms with Crippen molar-refractivity contribution >= 4 is 22.4 Å². The molecule has 8 heteroatoms. The molecule has 4 rings (SSSR count). The minimum atomic E-state index is -0.501. The summed E-state index contributed by atoms with van der Waals surface area (Å²) in [6.45, 7) is 2.59. The zero-order valence-corrected chi connectivity index (χ0v) is 17.0.